The van der Waals surface area contributed by atoms with Gasteiger partial charge in [0.25, 0.3) is 5.92 Å². The molecular formula is C11H16F2N2O3. The highest BCUT2D eigenvalue weighted by molar-refractivity contribution is 5.84. The number of nitrogens with one attached hydrogen (secondary N) is 1. The first-order valence-corrected chi connectivity index (χ1v) is 5.78. The Labute approximate surface area is 103 Å². The second-order valence-electron chi connectivity index (χ2n) is 5.63. The predicted octanol–water partition coefficient (Wildman–Crippen LogP) is 0.163. The Kier molecular flexibility index (Phi) is 2.84. The van der Waals surface area contributed by atoms with E-state index >= 15 is 0 Å². The van der Waals surface area contributed by atoms with Crippen molar-refractivity contribution in [2.45, 2.75) is 25.8 Å². The van der Waals surface area contributed by atoms with Crippen molar-refractivity contribution < 1.29 is 23.5 Å². The fraction of sp³-hybridized carbons (Fsp3) is 0.818. The summed E-state index contributed by atoms with van der Waals surface area (Å²) in [6.45, 7) is 2.57. The molecular weight excluding hydrogens is 246 g/mol. The second-order valence-corrected chi connectivity index (χ2v) is 5.63. The van der Waals surface area contributed by atoms with Crippen molar-refractivity contribution in [3.63, 3.8) is 0 Å². The van der Waals surface area contributed by atoms with E-state index < -0.39 is 41.7 Å². The van der Waals surface area contributed by atoms with Gasteiger partial charge in [-0.25, -0.2) is 8.78 Å². The summed E-state index contributed by atoms with van der Waals surface area (Å²) in [6.07, 6.45) is 0. The number of rotatable bonds is 3. The van der Waals surface area contributed by atoms with E-state index in [1.165, 1.54) is 18.7 Å². The lowest BCUT2D eigenvalue weighted by Gasteiger charge is -2.27. The van der Waals surface area contributed by atoms with Gasteiger partial charge >= 0.3 is 5.97 Å². The summed E-state index contributed by atoms with van der Waals surface area (Å²) in [5.74, 6) is -6.08. The zero-order valence-corrected chi connectivity index (χ0v) is 10.2. The number of halogens is 2. The number of carboxylic acids is 1. The maximum Gasteiger partial charge on any atom is 0.310 e. The molecule has 7 heteroatoms. The Bertz CT molecular complexity index is 398. The third kappa shape index (κ3) is 1.96. The second kappa shape index (κ2) is 3.88. The van der Waals surface area contributed by atoms with Crippen molar-refractivity contribution in [2.75, 3.05) is 19.6 Å². The van der Waals surface area contributed by atoms with Crippen molar-refractivity contribution in [1.29, 1.82) is 0 Å². The van der Waals surface area contributed by atoms with Crippen molar-refractivity contribution in [1.82, 2.24) is 10.2 Å². The van der Waals surface area contributed by atoms with Gasteiger partial charge in [-0.05, 0) is 13.8 Å². The Morgan fingerprint density at radius 1 is 1.61 bits per heavy atom. The molecule has 0 spiro atoms. The standard InChI is InChI=1S/C11H16F2N2O3/c1-10(2,9(17)18)5-15-3-6-7(8(15)16)11(12,13)4-14-6/h6-7,14H,3-5H2,1-2H3,(H,17,18)/t6-,7?/m0/s1. The zero-order chi connectivity index (χ0) is 13.7. The van der Waals surface area contributed by atoms with Crippen LogP contribution in [0.25, 0.3) is 0 Å². The number of alkyl halides is 2. The van der Waals surface area contributed by atoms with Crippen LogP contribution in [0.3, 0.4) is 0 Å². The van der Waals surface area contributed by atoms with Crippen LogP contribution in [0.15, 0.2) is 0 Å². The average Bonchev–Trinajstić information content (AvgIpc) is 2.67. The number of carbonyl (C=O) groups is 2. The molecule has 0 aromatic rings. The van der Waals surface area contributed by atoms with Crippen LogP contribution in [0.5, 0.6) is 0 Å². The van der Waals surface area contributed by atoms with Crippen LogP contribution in [-0.4, -0.2) is 53.5 Å². The van der Waals surface area contributed by atoms with Crippen LogP contribution in [-0.2, 0) is 9.59 Å². The molecule has 1 unspecified atom stereocenters. The molecule has 1 amide bonds. The Morgan fingerprint density at radius 3 is 2.72 bits per heavy atom. The van der Waals surface area contributed by atoms with Gasteiger partial charge in [-0.1, -0.05) is 0 Å². The molecule has 2 N–H and O–H groups in total. The molecule has 0 aromatic heterocycles. The number of nitrogens with zero attached hydrogens (tertiary/aromatic N) is 1. The molecule has 2 fully saturated rings. The number of amides is 1. The number of carbonyl (C=O) groups excluding carboxylic acids is 1. The summed E-state index contributed by atoms with van der Waals surface area (Å²) in [6, 6.07) is -0.572. The molecule has 2 aliphatic heterocycles. The normalized spacial score (nSPS) is 30.7. The van der Waals surface area contributed by atoms with Gasteiger partial charge in [-0.3, -0.25) is 9.59 Å². The van der Waals surface area contributed by atoms with Crippen molar-refractivity contribution in [2.24, 2.45) is 11.3 Å². The SMILES string of the molecule is CC(C)(CN1C[C@@H]2NCC(F)(F)C2C1=O)C(=O)O. The highest BCUT2D eigenvalue weighted by Gasteiger charge is 2.59. The first-order valence-electron chi connectivity index (χ1n) is 5.78. The molecule has 0 aliphatic carbocycles. The van der Waals surface area contributed by atoms with Crippen LogP contribution < -0.4 is 5.32 Å². The monoisotopic (exact) mass is 262 g/mol. The summed E-state index contributed by atoms with van der Waals surface area (Å²) >= 11 is 0. The molecule has 0 bridgehead atoms. The lowest BCUT2D eigenvalue weighted by molar-refractivity contribution is -0.150. The van der Waals surface area contributed by atoms with E-state index in [1.54, 1.807) is 0 Å². The molecule has 2 heterocycles. The van der Waals surface area contributed by atoms with Crippen LogP contribution in [0.1, 0.15) is 13.8 Å². The highest BCUT2D eigenvalue weighted by Crippen LogP contribution is 2.38. The summed E-state index contributed by atoms with van der Waals surface area (Å²) in [7, 11) is 0. The lowest BCUT2D eigenvalue weighted by atomic mass is 9.93. The Balaban J connectivity index is 2.12. The van der Waals surface area contributed by atoms with Gasteiger partial charge in [0.1, 0.15) is 5.92 Å². The fourth-order valence-corrected chi connectivity index (χ4v) is 2.52. The van der Waals surface area contributed by atoms with E-state index in [1.807, 2.05) is 0 Å². The van der Waals surface area contributed by atoms with Crippen LogP contribution in [0.4, 0.5) is 8.78 Å². The largest absolute Gasteiger partial charge is 0.481 e. The van der Waals surface area contributed by atoms with Gasteiger partial charge in [-0.15, -0.1) is 0 Å². The lowest BCUT2D eigenvalue weighted by Crippen LogP contribution is -2.43. The summed E-state index contributed by atoms with van der Waals surface area (Å²) in [4.78, 5) is 24.1. The maximum atomic E-state index is 13.5. The van der Waals surface area contributed by atoms with E-state index in [4.69, 9.17) is 5.11 Å². The summed E-state index contributed by atoms with van der Waals surface area (Å²) in [5, 5.41) is 11.6. The van der Waals surface area contributed by atoms with Crippen molar-refractivity contribution in [3.05, 3.63) is 0 Å². The molecule has 0 radical (unpaired) electrons. The smallest absolute Gasteiger partial charge is 0.310 e. The van der Waals surface area contributed by atoms with E-state index in [0.717, 1.165) is 0 Å². The molecule has 2 saturated heterocycles. The van der Waals surface area contributed by atoms with Crippen LogP contribution >= 0.6 is 0 Å². The average molecular weight is 262 g/mol. The predicted molar refractivity (Wildman–Crippen MR) is 58.2 cm³/mol. The maximum absolute atomic E-state index is 13.5. The molecule has 5 nitrogen and oxygen atoms in total. The third-order valence-corrected chi connectivity index (χ3v) is 3.62. The van der Waals surface area contributed by atoms with Gasteiger partial charge in [0.05, 0.1) is 12.0 Å². The van der Waals surface area contributed by atoms with Gasteiger partial charge in [0.2, 0.25) is 5.91 Å². The molecule has 2 rings (SSSR count). The molecule has 0 saturated carbocycles. The topological polar surface area (TPSA) is 69.6 Å². The van der Waals surface area contributed by atoms with Crippen molar-refractivity contribution in [3.8, 4) is 0 Å². The number of aliphatic carboxylic acids is 1. The minimum absolute atomic E-state index is 0.0497. The van der Waals surface area contributed by atoms with Gasteiger partial charge in [0, 0.05) is 19.1 Å². The number of carboxylic acid groups (broad SMARTS) is 1. The minimum atomic E-state index is -3.04. The van der Waals surface area contributed by atoms with E-state index in [-0.39, 0.29) is 13.1 Å². The first-order chi connectivity index (χ1) is 8.15. The number of fused-ring (bicyclic) bond motifs is 1. The first kappa shape index (κ1) is 13.2. The number of hydrogen-bond donors (Lipinski definition) is 2. The Morgan fingerprint density at radius 2 is 2.22 bits per heavy atom. The van der Waals surface area contributed by atoms with Crippen LogP contribution in [0.2, 0.25) is 0 Å². The molecule has 0 aromatic carbocycles. The van der Waals surface area contributed by atoms with Crippen LogP contribution in [0, 0.1) is 11.3 Å². The molecule has 2 atom stereocenters. The summed E-state index contributed by atoms with van der Waals surface area (Å²) < 4.78 is 27.0. The number of hydrogen-bond acceptors (Lipinski definition) is 3. The Hall–Kier alpha value is -1.24. The van der Waals surface area contributed by atoms with E-state index in [0.29, 0.717) is 0 Å². The van der Waals surface area contributed by atoms with E-state index in [2.05, 4.69) is 5.32 Å². The molecule has 18 heavy (non-hydrogen) atoms. The number of likely N-dealkylation sites (tertiary alicyclic amines) is 1. The quantitative estimate of drug-likeness (QED) is 0.760. The third-order valence-electron chi connectivity index (χ3n) is 3.62. The molecule has 2 aliphatic rings. The fourth-order valence-electron chi connectivity index (χ4n) is 2.52. The van der Waals surface area contributed by atoms with E-state index in [9.17, 15) is 18.4 Å². The highest BCUT2D eigenvalue weighted by atomic mass is 19.3. The molecule has 102 valence electrons. The minimum Gasteiger partial charge on any atom is -0.481 e. The van der Waals surface area contributed by atoms with Gasteiger partial charge < -0.3 is 15.3 Å². The zero-order valence-electron chi connectivity index (χ0n) is 10.2. The van der Waals surface area contributed by atoms with Crippen molar-refractivity contribution >= 4 is 11.9 Å². The van der Waals surface area contributed by atoms with Gasteiger partial charge in [-0.2, -0.15) is 0 Å². The van der Waals surface area contributed by atoms with Gasteiger partial charge in [0.15, 0.2) is 0 Å². The summed E-state index contributed by atoms with van der Waals surface area (Å²) in [5.41, 5.74) is -1.14.